The van der Waals surface area contributed by atoms with E-state index in [0.717, 1.165) is 5.69 Å². The lowest BCUT2D eigenvalue weighted by Gasteiger charge is -2.26. The van der Waals surface area contributed by atoms with Gasteiger partial charge in [0.05, 0.1) is 11.3 Å². The van der Waals surface area contributed by atoms with Gasteiger partial charge in [-0.1, -0.05) is 0 Å². The summed E-state index contributed by atoms with van der Waals surface area (Å²) < 4.78 is 1.71. The average molecular weight is 183 g/mol. The van der Waals surface area contributed by atoms with Gasteiger partial charge in [-0.3, -0.25) is 4.68 Å². The number of hydrogen-bond donors (Lipinski definition) is 2. The third-order valence-corrected chi connectivity index (χ3v) is 2.29. The van der Waals surface area contributed by atoms with Gasteiger partial charge >= 0.3 is 0 Å². The van der Waals surface area contributed by atoms with Crippen molar-refractivity contribution in [3.63, 3.8) is 0 Å². The summed E-state index contributed by atoms with van der Waals surface area (Å²) in [6.45, 7) is 3.52. The first-order chi connectivity index (χ1) is 5.92. The summed E-state index contributed by atoms with van der Waals surface area (Å²) in [6.07, 6.45) is 2.35. The number of aromatic nitrogens is 2. The Hall–Kier alpha value is -0.870. The van der Waals surface area contributed by atoms with Crippen LogP contribution < -0.4 is 5.73 Å². The molecular weight excluding hydrogens is 166 g/mol. The molecule has 0 aromatic carbocycles. The van der Waals surface area contributed by atoms with Crippen LogP contribution in [0.1, 0.15) is 19.5 Å². The van der Waals surface area contributed by atoms with Crippen molar-refractivity contribution in [3.8, 4) is 0 Å². The second-order valence-corrected chi connectivity index (χ2v) is 3.80. The van der Waals surface area contributed by atoms with Crippen molar-refractivity contribution in [1.29, 1.82) is 0 Å². The lowest BCUT2D eigenvalue weighted by Crippen LogP contribution is -2.45. The van der Waals surface area contributed by atoms with Gasteiger partial charge in [-0.2, -0.15) is 5.10 Å². The second-order valence-electron chi connectivity index (χ2n) is 3.80. The van der Waals surface area contributed by atoms with Crippen molar-refractivity contribution < 1.29 is 5.11 Å². The molecule has 0 saturated carbocycles. The van der Waals surface area contributed by atoms with E-state index in [1.807, 2.05) is 19.3 Å². The fourth-order valence-electron chi connectivity index (χ4n) is 1.09. The van der Waals surface area contributed by atoms with Crippen molar-refractivity contribution in [2.45, 2.75) is 31.9 Å². The van der Waals surface area contributed by atoms with Crippen LogP contribution in [0.4, 0.5) is 0 Å². The molecule has 1 aromatic heterocycles. The summed E-state index contributed by atoms with van der Waals surface area (Å²) in [5.41, 5.74) is 5.63. The zero-order chi connectivity index (χ0) is 10.1. The molecule has 0 fully saturated rings. The minimum Gasteiger partial charge on any atom is -0.388 e. The molecule has 0 radical (unpaired) electrons. The Labute approximate surface area is 78.4 Å². The molecule has 2 atom stereocenters. The van der Waals surface area contributed by atoms with E-state index in [1.165, 1.54) is 0 Å². The molecule has 0 amide bonds. The summed E-state index contributed by atoms with van der Waals surface area (Å²) in [7, 11) is 1.85. The van der Waals surface area contributed by atoms with Gasteiger partial charge in [-0.25, -0.2) is 0 Å². The number of aliphatic hydroxyl groups is 1. The van der Waals surface area contributed by atoms with Crippen molar-refractivity contribution in [1.82, 2.24) is 9.78 Å². The molecule has 4 nitrogen and oxygen atoms in total. The van der Waals surface area contributed by atoms with Gasteiger partial charge in [-0.15, -0.1) is 0 Å². The third kappa shape index (κ3) is 2.54. The highest BCUT2D eigenvalue weighted by Crippen LogP contribution is 2.14. The fourth-order valence-corrected chi connectivity index (χ4v) is 1.09. The van der Waals surface area contributed by atoms with Crippen molar-refractivity contribution >= 4 is 0 Å². The van der Waals surface area contributed by atoms with E-state index in [4.69, 9.17) is 5.73 Å². The van der Waals surface area contributed by atoms with Crippen LogP contribution in [0.15, 0.2) is 12.3 Å². The SMILES string of the molecule is CC(N)C(C)(O)Cc1ccn(C)n1. The third-order valence-electron chi connectivity index (χ3n) is 2.29. The lowest BCUT2D eigenvalue weighted by atomic mass is 9.93. The molecule has 1 aromatic rings. The minimum absolute atomic E-state index is 0.255. The first-order valence-corrected chi connectivity index (χ1v) is 4.38. The predicted molar refractivity (Wildman–Crippen MR) is 51.2 cm³/mol. The molecule has 1 rings (SSSR count). The maximum atomic E-state index is 9.88. The predicted octanol–water partition coefficient (Wildman–Crippen LogP) is 0.0608. The molecule has 74 valence electrons. The number of nitrogens with two attached hydrogens (primary N) is 1. The first-order valence-electron chi connectivity index (χ1n) is 4.38. The van der Waals surface area contributed by atoms with Gasteiger partial charge in [0.2, 0.25) is 0 Å². The summed E-state index contributed by atoms with van der Waals surface area (Å²) >= 11 is 0. The molecule has 0 bridgehead atoms. The first kappa shape index (κ1) is 10.2. The fraction of sp³-hybridized carbons (Fsp3) is 0.667. The maximum absolute atomic E-state index is 9.88. The Balaban J connectivity index is 2.68. The monoisotopic (exact) mass is 183 g/mol. The topological polar surface area (TPSA) is 64.1 Å². The number of rotatable bonds is 3. The molecule has 0 spiro atoms. The van der Waals surface area contributed by atoms with E-state index in [-0.39, 0.29) is 6.04 Å². The molecular formula is C9H17N3O. The minimum atomic E-state index is -0.881. The van der Waals surface area contributed by atoms with E-state index in [2.05, 4.69) is 5.10 Å². The van der Waals surface area contributed by atoms with Crippen LogP contribution in [-0.2, 0) is 13.5 Å². The summed E-state index contributed by atoms with van der Waals surface area (Å²) in [5, 5.41) is 14.1. The van der Waals surface area contributed by atoms with Crippen LogP contribution in [0.5, 0.6) is 0 Å². The zero-order valence-electron chi connectivity index (χ0n) is 8.36. The highest BCUT2D eigenvalue weighted by Gasteiger charge is 2.26. The quantitative estimate of drug-likeness (QED) is 0.696. The zero-order valence-corrected chi connectivity index (χ0v) is 8.36. The number of nitrogens with zero attached hydrogens (tertiary/aromatic N) is 2. The Kier molecular flexibility index (Phi) is 2.73. The van der Waals surface area contributed by atoms with Crippen LogP contribution >= 0.6 is 0 Å². The van der Waals surface area contributed by atoms with E-state index < -0.39 is 5.60 Å². The Morgan fingerprint density at radius 2 is 2.38 bits per heavy atom. The molecule has 3 N–H and O–H groups in total. The van der Waals surface area contributed by atoms with Gasteiger partial charge in [0.15, 0.2) is 0 Å². The van der Waals surface area contributed by atoms with Crippen LogP contribution in [0.25, 0.3) is 0 Å². The van der Waals surface area contributed by atoms with Crippen LogP contribution in [0, 0.1) is 0 Å². The molecule has 0 saturated heterocycles. The second kappa shape index (κ2) is 3.47. The number of hydrogen-bond acceptors (Lipinski definition) is 3. The molecule has 13 heavy (non-hydrogen) atoms. The van der Waals surface area contributed by atoms with Crippen molar-refractivity contribution in [2.75, 3.05) is 0 Å². The number of aryl methyl sites for hydroxylation is 1. The molecule has 2 unspecified atom stereocenters. The van der Waals surface area contributed by atoms with Crippen LogP contribution in [0.2, 0.25) is 0 Å². The van der Waals surface area contributed by atoms with Crippen LogP contribution in [0.3, 0.4) is 0 Å². The molecule has 0 aliphatic heterocycles. The standard InChI is InChI=1S/C9H17N3O/c1-7(10)9(2,13)6-8-4-5-12(3)11-8/h4-5,7,13H,6,10H2,1-3H3. The van der Waals surface area contributed by atoms with Crippen LogP contribution in [-0.4, -0.2) is 26.5 Å². The van der Waals surface area contributed by atoms with Gasteiger partial charge in [-0.05, 0) is 19.9 Å². The van der Waals surface area contributed by atoms with E-state index in [9.17, 15) is 5.11 Å². The van der Waals surface area contributed by atoms with Gasteiger partial charge in [0, 0.05) is 25.7 Å². The van der Waals surface area contributed by atoms with Gasteiger partial charge in [0.1, 0.15) is 0 Å². The van der Waals surface area contributed by atoms with Crippen molar-refractivity contribution in [3.05, 3.63) is 18.0 Å². The van der Waals surface area contributed by atoms with Gasteiger partial charge < -0.3 is 10.8 Å². The molecule has 4 heteroatoms. The Morgan fingerprint density at radius 3 is 2.77 bits per heavy atom. The van der Waals surface area contributed by atoms with E-state index >= 15 is 0 Å². The summed E-state index contributed by atoms with van der Waals surface area (Å²) in [4.78, 5) is 0. The van der Waals surface area contributed by atoms with Crippen molar-refractivity contribution in [2.24, 2.45) is 12.8 Å². The summed E-state index contributed by atoms with van der Waals surface area (Å²) in [6, 6.07) is 1.63. The van der Waals surface area contributed by atoms with Gasteiger partial charge in [0.25, 0.3) is 0 Å². The molecule has 0 aliphatic rings. The maximum Gasteiger partial charge on any atom is 0.0823 e. The molecule has 1 heterocycles. The smallest absolute Gasteiger partial charge is 0.0823 e. The lowest BCUT2D eigenvalue weighted by molar-refractivity contribution is 0.0378. The normalized spacial score (nSPS) is 18.2. The Morgan fingerprint density at radius 1 is 1.77 bits per heavy atom. The van der Waals surface area contributed by atoms with E-state index in [1.54, 1.807) is 18.5 Å². The van der Waals surface area contributed by atoms with E-state index in [0.29, 0.717) is 6.42 Å². The highest BCUT2D eigenvalue weighted by atomic mass is 16.3. The Bertz CT molecular complexity index is 278. The highest BCUT2D eigenvalue weighted by molar-refractivity contribution is 5.04. The largest absolute Gasteiger partial charge is 0.388 e. The average Bonchev–Trinajstić information content (AvgIpc) is 2.34. The molecule has 0 aliphatic carbocycles. The summed E-state index contributed by atoms with van der Waals surface area (Å²) in [5.74, 6) is 0.